The first-order valence-electron chi connectivity index (χ1n) is 10.8. The SMILES string of the molecule is COc1cc2c(cc1OC)[C@H]1CCCC[C@H]1N=C2c1ccc(C(C)=NNC(C)=O)cc1. The maximum Gasteiger partial charge on any atom is 0.236 e. The van der Waals surface area contributed by atoms with E-state index in [4.69, 9.17) is 14.5 Å². The first-order chi connectivity index (χ1) is 15.0. The summed E-state index contributed by atoms with van der Waals surface area (Å²) in [7, 11) is 3.35. The molecule has 1 fully saturated rings. The Kier molecular flexibility index (Phi) is 6.07. The summed E-state index contributed by atoms with van der Waals surface area (Å²) >= 11 is 0. The molecule has 1 aliphatic carbocycles. The van der Waals surface area contributed by atoms with Gasteiger partial charge in [0.25, 0.3) is 0 Å². The van der Waals surface area contributed by atoms with Gasteiger partial charge >= 0.3 is 0 Å². The maximum absolute atomic E-state index is 11.1. The molecular formula is C25H29N3O3. The van der Waals surface area contributed by atoms with Crippen LogP contribution in [0.15, 0.2) is 46.5 Å². The summed E-state index contributed by atoms with van der Waals surface area (Å²) in [5.74, 6) is 1.74. The number of methoxy groups -OCH3 is 2. The molecule has 2 aliphatic rings. The van der Waals surface area contributed by atoms with Crippen LogP contribution in [0.1, 0.15) is 67.7 Å². The van der Waals surface area contributed by atoms with E-state index < -0.39 is 0 Å². The Morgan fingerprint density at radius 1 is 1.03 bits per heavy atom. The number of hydrogen-bond acceptors (Lipinski definition) is 5. The summed E-state index contributed by atoms with van der Waals surface area (Å²) in [6, 6.07) is 12.7. The predicted octanol–water partition coefficient (Wildman–Crippen LogP) is 4.44. The number of carbonyl (C=O) groups is 1. The van der Waals surface area contributed by atoms with E-state index in [0.717, 1.165) is 52.5 Å². The Morgan fingerprint density at radius 2 is 1.71 bits per heavy atom. The van der Waals surface area contributed by atoms with Crippen molar-refractivity contribution in [1.82, 2.24) is 5.43 Å². The van der Waals surface area contributed by atoms with Crippen molar-refractivity contribution in [1.29, 1.82) is 0 Å². The molecule has 31 heavy (non-hydrogen) atoms. The van der Waals surface area contributed by atoms with Crippen molar-refractivity contribution in [3.8, 4) is 11.5 Å². The van der Waals surface area contributed by atoms with E-state index in [0.29, 0.717) is 12.0 Å². The first-order valence-corrected chi connectivity index (χ1v) is 10.8. The summed E-state index contributed by atoms with van der Waals surface area (Å²) in [6.07, 6.45) is 4.73. The van der Waals surface area contributed by atoms with Gasteiger partial charge in [-0.3, -0.25) is 9.79 Å². The van der Waals surface area contributed by atoms with Crippen LogP contribution in [0.4, 0.5) is 0 Å². The highest BCUT2D eigenvalue weighted by Gasteiger charge is 2.34. The second-order valence-corrected chi connectivity index (χ2v) is 8.17. The molecule has 2 aromatic rings. The van der Waals surface area contributed by atoms with Gasteiger partial charge in [0.15, 0.2) is 11.5 Å². The number of carbonyl (C=O) groups excluding carboxylic acids is 1. The molecule has 1 heterocycles. The van der Waals surface area contributed by atoms with Gasteiger partial charge in [0, 0.05) is 24.0 Å². The lowest BCUT2D eigenvalue weighted by molar-refractivity contribution is -0.118. The monoisotopic (exact) mass is 419 g/mol. The lowest BCUT2D eigenvalue weighted by atomic mass is 9.75. The third-order valence-electron chi connectivity index (χ3n) is 6.19. The molecule has 2 aromatic carbocycles. The molecule has 0 bridgehead atoms. The number of hydrogen-bond donors (Lipinski definition) is 1. The summed E-state index contributed by atoms with van der Waals surface area (Å²) in [5.41, 5.74) is 8.69. The summed E-state index contributed by atoms with van der Waals surface area (Å²) < 4.78 is 11.2. The minimum absolute atomic E-state index is 0.185. The van der Waals surface area contributed by atoms with Crippen LogP contribution < -0.4 is 14.9 Å². The minimum Gasteiger partial charge on any atom is -0.493 e. The molecule has 6 nitrogen and oxygen atoms in total. The largest absolute Gasteiger partial charge is 0.493 e. The van der Waals surface area contributed by atoms with Crippen LogP contribution in [-0.2, 0) is 4.79 Å². The number of nitrogens with zero attached hydrogens (tertiary/aromatic N) is 2. The molecule has 0 radical (unpaired) electrons. The lowest BCUT2D eigenvalue weighted by Gasteiger charge is -2.35. The number of rotatable bonds is 5. The van der Waals surface area contributed by atoms with E-state index >= 15 is 0 Å². The van der Waals surface area contributed by atoms with Gasteiger partial charge in [0.1, 0.15) is 0 Å². The molecule has 0 aromatic heterocycles. The van der Waals surface area contributed by atoms with Crippen molar-refractivity contribution in [3.05, 3.63) is 58.7 Å². The second-order valence-electron chi connectivity index (χ2n) is 8.17. The fourth-order valence-electron chi connectivity index (χ4n) is 4.60. The van der Waals surface area contributed by atoms with E-state index in [1.54, 1.807) is 14.2 Å². The fraction of sp³-hybridized carbons (Fsp3) is 0.400. The van der Waals surface area contributed by atoms with Crippen molar-refractivity contribution in [2.24, 2.45) is 10.1 Å². The van der Waals surface area contributed by atoms with Gasteiger partial charge in [0.2, 0.25) is 5.91 Å². The highest BCUT2D eigenvalue weighted by atomic mass is 16.5. The van der Waals surface area contributed by atoms with Crippen molar-refractivity contribution >= 4 is 17.3 Å². The van der Waals surface area contributed by atoms with Crippen molar-refractivity contribution in [2.75, 3.05) is 14.2 Å². The maximum atomic E-state index is 11.1. The zero-order chi connectivity index (χ0) is 22.0. The number of nitrogens with one attached hydrogen (secondary N) is 1. The number of fused-ring (bicyclic) bond motifs is 3. The Hall–Kier alpha value is -3.15. The lowest BCUT2D eigenvalue weighted by Crippen LogP contribution is -2.29. The average Bonchev–Trinajstić information content (AvgIpc) is 2.81. The van der Waals surface area contributed by atoms with Crippen LogP contribution in [0.3, 0.4) is 0 Å². The molecule has 0 unspecified atom stereocenters. The topological polar surface area (TPSA) is 72.3 Å². The Bertz CT molecular complexity index is 1040. The Labute approximate surface area is 183 Å². The van der Waals surface area contributed by atoms with Crippen LogP contribution in [0.25, 0.3) is 0 Å². The number of aliphatic imine (C=N–C) groups is 1. The molecule has 1 N–H and O–H groups in total. The van der Waals surface area contributed by atoms with Crippen LogP contribution >= 0.6 is 0 Å². The van der Waals surface area contributed by atoms with Crippen LogP contribution in [0.5, 0.6) is 11.5 Å². The van der Waals surface area contributed by atoms with E-state index in [1.807, 2.05) is 19.1 Å². The third kappa shape index (κ3) is 4.20. The van der Waals surface area contributed by atoms with Gasteiger partial charge in [-0.25, -0.2) is 5.43 Å². The smallest absolute Gasteiger partial charge is 0.236 e. The number of hydrazone groups is 1. The third-order valence-corrected chi connectivity index (χ3v) is 6.19. The quantitative estimate of drug-likeness (QED) is 0.575. The highest BCUT2D eigenvalue weighted by Crippen LogP contribution is 2.44. The van der Waals surface area contributed by atoms with Crippen molar-refractivity contribution < 1.29 is 14.3 Å². The van der Waals surface area contributed by atoms with Gasteiger partial charge in [0.05, 0.1) is 31.7 Å². The molecule has 0 spiro atoms. The van der Waals surface area contributed by atoms with Crippen LogP contribution in [0.2, 0.25) is 0 Å². The molecular weight excluding hydrogens is 390 g/mol. The average molecular weight is 420 g/mol. The highest BCUT2D eigenvalue weighted by molar-refractivity contribution is 6.15. The molecule has 6 heteroatoms. The van der Waals surface area contributed by atoms with E-state index in [9.17, 15) is 4.79 Å². The van der Waals surface area contributed by atoms with Crippen LogP contribution in [-0.4, -0.2) is 37.6 Å². The standard InChI is InChI=1S/C25H29N3O3/c1-15(27-28-16(2)29)17-9-11-18(12-10-17)25-21-14-24(31-4)23(30-3)13-20(21)19-7-5-6-8-22(19)26-25/h9-14,19,22H,5-8H2,1-4H3,(H,28,29)/t19-,22-/m1/s1. The van der Waals surface area contributed by atoms with Crippen molar-refractivity contribution in [3.63, 3.8) is 0 Å². The number of ether oxygens (including phenoxy) is 2. The van der Waals surface area contributed by atoms with E-state index in [-0.39, 0.29) is 5.91 Å². The van der Waals surface area contributed by atoms with E-state index in [1.165, 1.54) is 25.3 Å². The molecule has 0 saturated heterocycles. The molecule has 1 amide bonds. The molecule has 1 aliphatic heterocycles. The zero-order valence-electron chi connectivity index (χ0n) is 18.6. The number of benzene rings is 2. The van der Waals surface area contributed by atoms with Crippen molar-refractivity contribution in [2.45, 2.75) is 51.5 Å². The first kappa shape index (κ1) is 21.1. The normalized spacial score (nSPS) is 20.3. The molecule has 4 rings (SSSR count). The number of amides is 1. The minimum atomic E-state index is -0.185. The second kappa shape index (κ2) is 8.92. The van der Waals surface area contributed by atoms with Crippen LogP contribution in [0, 0.1) is 0 Å². The molecule has 162 valence electrons. The summed E-state index contributed by atoms with van der Waals surface area (Å²) in [5, 5.41) is 4.12. The Balaban J connectivity index is 1.75. The summed E-state index contributed by atoms with van der Waals surface area (Å²) in [6.45, 7) is 3.32. The zero-order valence-corrected chi connectivity index (χ0v) is 18.6. The molecule has 2 atom stereocenters. The van der Waals surface area contributed by atoms with Gasteiger partial charge in [-0.05, 0) is 43.0 Å². The van der Waals surface area contributed by atoms with Gasteiger partial charge < -0.3 is 9.47 Å². The molecule has 1 saturated carbocycles. The van der Waals surface area contributed by atoms with Gasteiger partial charge in [-0.1, -0.05) is 37.1 Å². The van der Waals surface area contributed by atoms with Gasteiger partial charge in [-0.15, -0.1) is 0 Å². The predicted molar refractivity (Wildman–Crippen MR) is 123 cm³/mol. The summed E-state index contributed by atoms with van der Waals surface area (Å²) in [4.78, 5) is 16.3. The van der Waals surface area contributed by atoms with Gasteiger partial charge in [-0.2, -0.15) is 5.10 Å². The van der Waals surface area contributed by atoms with E-state index in [2.05, 4.69) is 34.8 Å². The Morgan fingerprint density at radius 3 is 2.39 bits per heavy atom. The fourth-order valence-corrected chi connectivity index (χ4v) is 4.60.